The second-order valence-electron chi connectivity index (χ2n) is 6.46. The number of para-hydroxylation sites is 1. The van der Waals surface area contributed by atoms with Crippen molar-refractivity contribution in [2.75, 3.05) is 18.0 Å². The molecule has 0 aromatic heterocycles. The third kappa shape index (κ3) is 1.79. The van der Waals surface area contributed by atoms with Crippen LogP contribution < -0.4 is 9.79 Å². The van der Waals surface area contributed by atoms with Crippen molar-refractivity contribution in [3.8, 4) is 5.75 Å². The fourth-order valence-electron chi connectivity index (χ4n) is 3.88. The number of anilines is 1. The normalized spacial score (nSPS) is 24.5. The predicted molar refractivity (Wildman–Crippen MR) is 90.2 cm³/mol. The molecule has 2 aromatic carbocycles. The summed E-state index contributed by atoms with van der Waals surface area (Å²) in [5, 5.41) is 11.8. The molecule has 122 valence electrons. The van der Waals surface area contributed by atoms with Crippen LogP contribution in [0.2, 0.25) is 0 Å². The first-order valence-corrected chi connectivity index (χ1v) is 8.36. The summed E-state index contributed by atoms with van der Waals surface area (Å²) >= 11 is 0. The number of hydrogen-bond donors (Lipinski definition) is 1. The van der Waals surface area contributed by atoms with E-state index in [1.807, 2.05) is 36.4 Å². The Labute approximate surface area is 140 Å². The van der Waals surface area contributed by atoms with Crippen LogP contribution in [0.3, 0.4) is 0 Å². The van der Waals surface area contributed by atoms with E-state index in [1.54, 1.807) is 0 Å². The van der Waals surface area contributed by atoms with Gasteiger partial charge < -0.3 is 14.9 Å². The number of fused-ring (bicyclic) bond motifs is 4. The van der Waals surface area contributed by atoms with Crippen molar-refractivity contribution < 1.29 is 14.9 Å². The van der Waals surface area contributed by atoms with E-state index in [0.29, 0.717) is 12.4 Å². The Kier molecular flexibility index (Phi) is 2.96. The molecule has 3 aliphatic heterocycles. The van der Waals surface area contributed by atoms with Crippen LogP contribution in [0, 0.1) is 0 Å². The highest BCUT2D eigenvalue weighted by atomic mass is 17.2. The van der Waals surface area contributed by atoms with Crippen LogP contribution in [-0.2, 0) is 17.1 Å². The zero-order valence-corrected chi connectivity index (χ0v) is 13.2. The number of aliphatic imine (C=N–C) groups is 1. The zero-order valence-electron chi connectivity index (χ0n) is 13.2. The van der Waals surface area contributed by atoms with E-state index in [9.17, 15) is 5.11 Å². The topological polar surface area (TPSA) is 54.3 Å². The largest absolute Gasteiger partial charge is 0.373 e. The smallest absolute Gasteiger partial charge is 0.174 e. The van der Waals surface area contributed by atoms with E-state index in [2.05, 4.69) is 11.0 Å². The lowest BCUT2D eigenvalue weighted by Gasteiger charge is -2.27. The van der Waals surface area contributed by atoms with Gasteiger partial charge in [0.15, 0.2) is 11.4 Å². The molecule has 3 heterocycles. The van der Waals surface area contributed by atoms with Gasteiger partial charge in [0.2, 0.25) is 0 Å². The van der Waals surface area contributed by atoms with Crippen molar-refractivity contribution in [1.82, 2.24) is 0 Å². The Balaban J connectivity index is 1.74. The molecular formula is C19H18N2O3. The van der Waals surface area contributed by atoms with E-state index in [-0.39, 0.29) is 0 Å². The Bertz CT molecular complexity index is 848. The first kappa shape index (κ1) is 14.0. The lowest BCUT2D eigenvalue weighted by molar-refractivity contribution is -0.194. The minimum absolute atomic E-state index is 0.400. The standard InChI is InChI=1S/C19H18N2O3/c22-19(14-7-8-17-13(11-14)12-23-24-17)15-5-1-2-6-16(15)21-10-4-3-9-20-18(19)21/h1-2,5-8,11,22H,3-4,9-10,12H2. The lowest BCUT2D eigenvalue weighted by atomic mass is 9.86. The second-order valence-corrected chi connectivity index (χ2v) is 6.46. The molecule has 0 spiro atoms. The quantitative estimate of drug-likeness (QED) is 0.820. The van der Waals surface area contributed by atoms with E-state index in [1.165, 1.54) is 0 Å². The molecule has 5 rings (SSSR count). The molecule has 5 nitrogen and oxygen atoms in total. The molecular weight excluding hydrogens is 304 g/mol. The maximum atomic E-state index is 11.8. The molecule has 0 aliphatic carbocycles. The first-order valence-electron chi connectivity index (χ1n) is 8.36. The third-order valence-electron chi connectivity index (χ3n) is 5.06. The van der Waals surface area contributed by atoms with E-state index in [0.717, 1.165) is 54.1 Å². The highest BCUT2D eigenvalue weighted by Gasteiger charge is 2.49. The van der Waals surface area contributed by atoms with Gasteiger partial charge in [0, 0.05) is 29.9 Å². The summed E-state index contributed by atoms with van der Waals surface area (Å²) < 4.78 is 0. The monoisotopic (exact) mass is 322 g/mol. The number of hydrogen-bond acceptors (Lipinski definition) is 5. The Morgan fingerprint density at radius 3 is 3.00 bits per heavy atom. The number of rotatable bonds is 1. The molecule has 24 heavy (non-hydrogen) atoms. The molecule has 1 atom stereocenters. The molecule has 1 N–H and O–H groups in total. The molecule has 0 fully saturated rings. The molecule has 1 unspecified atom stereocenters. The van der Waals surface area contributed by atoms with E-state index >= 15 is 0 Å². The summed E-state index contributed by atoms with van der Waals surface area (Å²) in [5.41, 5.74) is 2.48. The predicted octanol–water partition coefficient (Wildman–Crippen LogP) is 2.76. The van der Waals surface area contributed by atoms with Gasteiger partial charge in [-0.3, -0.25) is 4.99 Å². The Morgan fingerprint density at radius 2 is 2.04 bits per heavy atom. The average Bonchev–Trinajstić information content (AvgIpc) is 3.07. The Morgan fingerprint density at radius 1 is 1.12 bits per heavy atom. The minimum Gasteiger partial charge on any atom is -0.373 e. The molecule has 3 aliphatic rings. The average molecular weight is 322 g/mol. The van der Waals surface area contributed by atoms with Crippen LogP contribution in [0.5, 0.6) is 5.75 Å². The van der Waals surface area contributed by atoms with E-state index < -0.39 is 5.60 Å². The molecule has 0 radical (unpaired) electrons. The maximum Gasteiger partial charge on any atom is 0.174 e. The SMILES string of the molecule is OC1(c2ccc3c(c2)COO3)C2=NCCCCN2c2ccccc21. The number of aliphatic hydroxyl groups is 1. The summed E-state index contributed by atoms with van der Waals surface area (Å²) in [6.07, 6.45) is 2.12. The van der Waals surface area contributed by atoms with Crippen LogP contribution in [-0.4, -0.2) is 24.0 Å². The van der Waals surface area contributed by atoms with Gasteiger partial charge in [0.1, 0.15) is 12.4 Å². The van der Waals surface area contributed by atoms with E-state index in [4.69, 9.17) is 14.8 Å². The number of amidine groups is 1. The molecule has 0 bridgehead atoms. The molecule has 0 saturated heterocycles. The Hall–Kier alpha value is -2.37. The van der Waals surface area contributed by atoms with Gasteiger partial charge in [-0.1, -0.05) is 24.3 Å². The van der Waals surface area contributed by atoms with Gasteiger partial charge in [0.25, 0.3) is 0 Å². The highest BCUT2D eigenvalue weighted by Crippen LogP contribution is 2.46. The second kappa shape index (κ2) is 5.06. The van der Waals surface area contributed by atoms with Crippen molar-refractivity contribution in [3.63, 3.8) is 0 Å². The number of benzene rings is 2. The fraction of sp³-hybridized carbons (Fsp3) is 0.316. The molecule has 5 heteroatoms. The number of nitrogens with zero attached hydrogens (tertiary/aromatic N) is 2. The van der Waals surface area contributed by atoms with Crippen molar-refractivity contribution in [2.24, 2.45) is 4.99 Å². The fourth-order valence-corrected chi connectivity index (χ4v) is 3.88. The van der Waals surface area contributed by atoms with Crippen molar-refractivity contribution >= 4 is 11.5 Å². The van der Waals surface area contributed by atoms with Crippen molar-refractivity contribution in [2.45, 2.75) is 25.0 Å². The summed E-state index contributed by atoms with van der Waals surface area (Å²) in [4.78, 5) is 17.1. The molecule has 2 aromatic rings. The van der Waals surface area contributed by atoms with Crippen LogP contribution in [0.15, 0.2) is 47.5 Å². The van der Waals surface area contributed by atoms with Gasteiger partial charge in [-0.15, -0.1) is 0 Å². The van der Waals surface area contributed by atoms with Gasteiger partial charge in [-0.05, 0) is 36.6 Å². The summed E-state index contributed by atoms with van der Waals surface area (Å²) in [6.45, 7) is 2.03. The molecule has 0 saturated carbocycles. The van der Waals surface area contributed by atoms with Gasteiger partial charge in [0.05, 0.1) is 0 Å². The zero-order chi connectivity index (χ0) is 16.1. The van der Waals surface area contributed by atoms with Crippen molar-refractivity contribution in [1.29, 1.82) is 0 Å². The maximum absolute atomic E-state index is 11.8. The van der Waals surface area contributed by atoms with Gasteiger partial charge >= 0.3 is 0 Å². The summed E-state index contributed by atoms with van der Waals surface area (Å²) in [6, 6.07) is 13.8. The highest BCUT2D eigenvalue weighted by molar-refractivity contribution is 6.12. The van der Waals surface area contributed by atoms with Crippen molar-refractivity contribution in [3.05, 3.63) is 59.2 Å². The van der Waals surface area contributed by atoms with Crippen LogP contribution in [0.4, 0.5) is 5.69 Å². The lowest BCUT2D eigenvalue weighted by Crippen LogP contribution is -2.41. The van der Waals surface area contributed by atoms with Gasteiger partial charge in [-0.2, -0.15) is 4.89 Å². The third-order valence-corrected chi connectivity index (χ3v) is 5.06. The minimum atomic E-state index is -1.22. The summed E-state index contributed by atoms with van der Waals surface area (Å²) in [5.74, 6) is 1.45. The summed E-state index contributed by atoms with van der Waals surface area (Å²) in [7, 11) is 0. The first-order chi connectivity index (χ1) is 11.8. The van der Waals surface area contributed by atoms with Crippen LogP contribution in [0.25, 0.3) is 0 Å². The van der Waals surface area contributed by atoms with Crippen LogP contribution >= 0.6 is 0 Å². The van der Waals surface area contributed by atoms with Gasteiger partial charge in [-0.25, -0.2) is 0 Å². The molecule has 0 amide bonds. The van der Waals surface area contributed by atoms with Crippen LogP contribution in [0.1, 0.15) is 29.5 Å².